The zero-order valence-electron chi connectivity index (χ0n) is 25.6. The molecule has 6 aliphatic heterocycles. The Morgan fingerprint density at radius 2 is 1.39 bits per heavy atom. The highest BCUT2D eigenvalue weighted by Gasteiger charge is 2.34. The molecule has 0 saturated carbocycles. The first-order chi connectivity index (χ1) is 21.3. The molecule has 0 fully saturated rings. The number of hydrogen-bond acceptors (Lipinski definition) is 8. The standard InChI is InChI=1S/C36H38N2O6/c1-37-13-11-23-18-32-31(41-3)20-26(23)27(37)15-21-5-8-25(9-6-21)43-30-17-22(7-10-29(30)39)16-28-34-24(12-14-38(28)2)19-33(42-4)35(40)36(34)44-32/h5-10,17-20,27-28,39-40H,11-16H2,1-4H3/t27-,28-/m0/s1. The molecule has 0 aromatic heterocycles. The van der Waals surface area contributed by atoms with Gasteiger partial charge in [-0.25, -0.2) is 0 Å². The Hall–Kier alpha value is -4.40. The summed E-state index contributed by atoms with van der Waals surface area (Å²) in [5, 5.41) is 22.3. The lowest BCUT2D eigenvalue weighted by atomic mass is 9.87. The number of ether oxygens (including phenoxy) is 4. The number of phenolic OH excluding ortho intramolecular Hbond substituents is 2. The van der Waals surface area contributed by atoms with E-state index in [1.807, 2.05) is 30.3 Å². The van der Waals surface area contributed by atoms with Crippen LogP contribution in [-0.2, 0) is 25.7 Å². The molecule has 0 saturated heterocycles. The third-order valence-electron chi connectivity index (χ3n) is 9.46. The van der Waals surface area contributed by atoms with Gasteiger partial charge in [0.05, 0.1) is 14.2 Å². The SMILES string of the molecule is COc1cc2c3cc1Oc1c(O)c(OC)cc4c1[C@H](Cc1ccc(O)c(c1)Oc1ccc(cc1)C[C@@H]2N(C)CC3)N(C)CC4. The number of phenols is 2. The smallest absolute Gasteiger partial charge is 0.201 e. The minimum atomic E-state index is -0.119. The molecule has 0 aliphatic carbocycles. The molecule has 0 spiro atoms. The summed E-state index contributed by atoms with van der Waals surface area (Å²) in [6.07, 6.45) is 3.08. The van der Waals surface area contributed by atoms with Crippen molar-refractivity contribution < 1.29 is 29.2 Å². The molecule has 4 aromatic rings. The molecule has 0 radical (unpaired) electrons. The number of benzene rings is 4. The molecule has 6 heterocycles. The van der Waals surface area contributed by atoms with Crippen LogP contribution in [0.3, 0.4) is 0 Å². The molecule has 6 aliphatic rings. The second-order valence-electron chi connectivity index (χ2n) is 12.1. The van der Waals surface area contributed by atoms with Crippen LogP contribution in [-0.4, -0.2) is 61.4 Å². The van der Waals surface area contributed by atoms with Crippen LogP contribution in [0.2, 0.25) is 0 Å². The van der Waals surface area contributed by atoms with E-state index in [2.05, 4.69) is 48.2 Å². The van der Waals surface area contributed by atoms with Gasteiger partial charge in [0.2, 0.25) is 5.75 Å². The maximum absolute atomic E-state index is 11.6. The van der Waals surface area contributed by atoms with Crippen LogP contribution in [0.1, 0.15) is 45.5 Å². The summed E-state index contributed by atoms with van der Waals surface area (Å²) < 4.78 is 24.5. The van der Waals surface area contributed by atoms with Gasteiger partial charge < -0.3 is 29.2 Å². The molecular formula is C36H38N2O6. The summed E-state index contributed by atoms with van der Waals surface area (Å²) in [5.74, 6) is 3.05. The zero-order valence-corrected chi connectivity index (χ0v) is 25.6. The highest BCUT2D eigenvalue weighted by Crippen LogP contribution is 2.51. The topological polar surface area (TPSA) is 83.9 Å². The Morgan fingerprint density at radius 3 is 2.14 bits per heavy atom. The zero-order chi connectivity index (χ0) is 30.5. The van der Waals surface area contributed by atoms with Gasteiger partial charge >= 0.3 is 0 Å². The lowest BCUT2D eigenvalue weighted by molar-refractivity contribution is 0.221. The summed E-state index contributed by atoms with van der Waals surface area (Å²) in [6.45, 7) is 1.74. The van der Waals surface area contributed by atoms with E-state index in [0.29, 0.717) is 40.9 Å². The first-order valence-corrected chi connectivity index (χ1v) is 15.1. The highest BCUT2D eigenvalue weighted by atomic mass is 16.5. The molecule has 8 nitrogen and oxygen atoms in total. The van der Waals surface area contributed by atoms with E-state index in [0.717, 1.165) is 49.0 Å². The van der Waals surface area contributed by atoms with E-state index >= 15 is 0 Å². The summed E-state index contributed by atoms with van der Waals surface area (Å²) in [6, 6.07) is 19.7. The third-order valence-corrected chi connectivity index (χ3v) is 9.46. The minimum absolute atomic E-state index is 0.0360. The Labute approximate surface area is 258 Å². The normalized spacial score (nSPS) is 19.6. The van der Waals surface area contributed by atoms with Crippen LogP contribution in [0.5, 0.6) is 46.0 Å². The van der Waals surface area contributed by atoms with Crippen molar-refractivity contribution in [1.82, 2.24) is 9.80 Å². The molecule has 44 heavy (non-hydrogen) atoms. The van der Waals surface area contributed by atoms with Gasteiger partial charge in [0.25, 0.3) is 0 Å². The second kappa shape index (κ2) is 11.3. The van der Waals surface area contributed by atoms with Crippen LogP contribution in [0, 0.1) is 0 Å². The Bertz CT molecular complexity index is 1720. The number of rotatable bonds is 2. The number of likely N-dealkylation sites (N-methyl/N-ethyl adjacent to an activating group) is 2. The Morgan fingerprint density at radius 1 is 0.705 bits per heavy atom. The maximum Gasteiger partial charge on any atom is 0.201 e. The van der Waals surface area contributed by atoms with Crippen molar-refractivity contribution in [2.24, 2.45) is 0 Å². The minimum Gasteiger partial charge on any atom is -0.504 e. The van der Waals surface area contributed by atoms with Crippen molar-refractivity contribution in [3.8, 4) is 46.0 Å². The first kappa shape index (κ1) is 28.4. The second-order valence-corrected chi connectivity index (χ2v) is 12.1. The lowest BCUT2D eigenvalue weighted by Crippen LogP contribution is -2.34. The van der Waals surface area contributed by atoms with Crippen molar-refractivity contribution in [3.05, 3.63) is 94.0 Å². The Balaban J connectivity index is 1.44. The van der Waals surface area contributed by atoms with E-state index in [9.17, 15) is 10.2 Å². The van der Waals surface area contributed by atoms with Gasteiger partial charge in [-0.2, -0.15) is 0 Å². The maximum atomic E-state index is 11.6. The van der Waals surface area contributed by atoms with Gasteiger partial charge in [-0.15, -0.1) is 0 Å². The summed E-state index contributed by atoms with van der Waals surface area (Å²) in [4.78, 5) is 4.66. The van der Waals surface area contributed by atoms with Crippen LogP contribution in [0.25, 0.3) is 0 Å². The molecule has 0 amide bonds. The summed E-state index contributed by atoms with van der Waals surface area (Å²) in [7, 11) is 7.46. The van der Waals surface area contributed by atoms with Crippen molar-refractivity contribution in [2.45, 2.75) is 37.8 Å². The molecule has 4 aromatic carbocycles. The molecule has 8 heteroatoms. The average Bonchev–Trinajstić information content (AvgIpc) is 3.03. The van der Waals surface area contributed by atoms with Crippen molar-refractivity contribution in [3.63, 3.8) is 0 Å². The van der Waals surface area contributed by atoms with Gasteiger partial charge in [0.1, 0.15) is 5.75 Å². The average molecular weight is 595 g/mol. The molecule has 8 bridgehead atoms. The number of aromatic hydroxyl groups is 2. The van der Waals surface area contributed by atoms with Gasteiger partial charge in [0.15, 0.2) is 34.5 Å². The largest absolute Gasteiger partial charge is 0.504 e. The van der Waals surface area contributed by atoms with E-state index in [4.69, 9.17) is 18.9 Å². The predicted octanol–water partition coefficient (Wildman–Crippen LogP) is 6.56. The van der Waals surface area contributed by atoms with Gasteiger partial charge in [-0.3, -0.25) is 9.80 Å². The van der Waals surface area contributed by atoms with Crippen LogP contribution < -0.4 is 18.9 Å². The summed E-state index contributed by atoms with van der Waals surface area (Å²) in [5.41, 5.74) is 6.56. The van der Waals surface area contributed by atoms with E-state index in [-0.39, 0.29) is 23.6 Å². The predicted molar refractivity (Wildman–Crippen MR) is 168 cm³/mol. The van der Waals surface area contributed by atoms with E-state index < -0.39 is 0 Å². The van der Waals surface area contributed by atoms with Gasteiger partial charge in [-0.05, 0) is 110 Å². The molecule has 10 rings (SSSR count). The first-order valence-electron chi connectivity index (χ1n) is 15.1. The monoisotopic (exact) mass is 594 g/mol. The molecular weight excluding hydrogens is 556 g/mol. The molecule has 228 valence electrons. The number of hydrogen-bond donors (Lipinski definition) is 2. The van der Waals surface area contributed by atoms with Crippen LogP contribution in [0.15, 0.2) is 60.7 Å². The fourth-order valence-corrected chi connectivity index (χ4v) is 6.94. The molecule has 2 N–H and O–H groups in total. The Kier molecular flexibility index (Phi) is 7.26. The third kappa shape index (κ3) is 4.98. The van der Waals surface area contributed by atoms with Crippen LogP contribution >= 0.6 is 0 Å². The quantitative estimate of drug-likeness (QED) is 0.270. The molecule has 0 unspecified atom stereocenters. The fourth-order valence-electron chi connectivity index (χ4n) is 6.94. The fraction of sp³-hybridized carbons (Fsp3) is 0.333. The lowest BCUT2D eigenvalue weighted by Gasteiger charge is -2.37. The van der Waals surface area contributed by atoms with E-state index in [1.54, 1.807) is 20.3 Å². The number of nitrogens with zero attached hydrogens (tertiary/aromatic N) is 2. The highest BCUT2D eigenvalue weighted by molar-refractivity contribution is 5.63. The van der Waals surface area contributed by atoms with Crippen molar-refractivity contribution >= 4 is 0 Å². The number of methoxy groups -OCH3 is 2. The van der Waals surface area contributed by atoms with Crippen molar-refractivity contribution in [1.29, 1.82) is 0 Å². The van der Waals surface area contributed by atoms with Crippen molar-refractivity contribution in [2.75, 3.05) is 41.4 Å². The molecule has 2 atom stereocenters. The van der Waals surface area contributed by atoms with Gasteiger partial charge in [0, 0.05) is 30.7 Å². The van der Waals surface area contributed by atoms with E-state index in [1.165, 1.54) is 16.7 Å². The van der Waals surface area contributed by atoms with Gasteiger partial charge in [-0.1, -0.05) is 18.2 Å². The van der Waals surface area contributed by atoms with Crippen LogP contribution in [0.4, 0.5) is 0 Å². The summed E-state index contributed by atoms with van der Waals surface area (Å²) >= 11 is 0.